The average Bonchev–Trinajstić information content (AvgIpc) is 2.42. The fourth-order valence-corrected chi connectivity index (χ4v) is 3.04. The highest BCUT2D eigenvalue weighted by atomic mass is 79.9. The van der Waals surface area contributed by atoms with Gasteiger partial charge in [0.2, 0.25) is 5.91 Å². The molecule has 0 saturated heterocycles. The molecule has 0 aromatic heterocycles. The van der Waals surface area contributed by atoms with Gasteiger partial charge >= 0.3 is 0 Å². The number of amides is 1. The second-order valence-electron chi connectivity index (χ2n) is 5.02. The van der Waals surface area contributed by atoms with Crippen LogP contribution in [0.3, 0.4) is 0 Å². The Hall–Kier alpha value is -1.01. The van der Waals surface area contributed by atoms with Gasteiger partial charge in [-0.2, -0.15) is 0 Å². The van der Waals surface area contributed by atoms with Gasteiger partial charge in [0.15, 0.2) is 0 Å². The van der Waals surface area contributed by atoms with Crippen molar-refractivity contribution < 1.29 is 9.18 Å². The molecular formula is C15H20BrFN2OS. The second kappa shape index (κ2) is 7.84. The summed E-state index contributed by atoms with van der Waals surface area (Å²) in [6.45, 7) is 3.96. The Morgan fingerprint density at radius 1 is 1.38 bits per heavy atom. The van der Waals surface area contributed by atoms with Crippen LogP contribution in [0, 0.1) is 11.2 Å². The fraction of sp³-hybridized carbons (Fsp3) is 0.467. The summed E-state index contributed by atoms with van der Waals surface area (Å²) in [5.41, 5.74) is 5.35. The summed E-state index contributed by atoms with van der Waals surface area (Å²) >= 11 is 8.44. The van der Waals surface area contributed by atoms with Gasteiger partial charge in [-0.3, -0.25) is 4.79 Å². The van der Waals surface area contributed by atoms with E-state index in [1.165, 1.54) is 12.1 Å². The van der Waals surface area contributed by atoms with E-state index >= 15 is 0 Å². The van der Waals surface area contributed by atoms with Crippen molar-refractivity contribution in [3.05, 3.63) is 28.5 Å². The normalized spacial score (nSPS) is 11.2. The highest BCUT2D eigenvalue weighted by Crippen LogP contribution is 2.33. The van der Waals surface area contributed by atoms with E-state index in [2.05, 4.69) is 21.2 Å². The molecule has 1 aromatic carbocycles. The van der Waals surface area contributed by atoms with Gasteiger partial charge in [-0.1, -0.05) is 38.9 Å². The number of thiocarbonyl (C=S) groups is 1. The minimum Gasteiger partial charge on any atom is -0.392 e. The highest BCUT2D eigenvalue weighted by molar-refractivity contribution is 9.10. The van der Waals surface area contributed by atoms with Crippen LogP contribution in [-0.4, -0.2) is 10.9 Å². The first-order chi connectivity index (χ1) is 9.87. The van der Waals surface area contributed by atoms with E-state index < -0.39 is 11.2 Å². The van der Waals surface area contributed by atoms with Crippen molar-refractivity contribution >= 4 is 44.7 Å². The van der Waals surface area contributed by atoms with Gasteiger partial charge in [0, 0.05) is 4.47 Å². The molecule has 0 aliphatic heterocycles. The zero-order valence-corrected chi connectivity index (χ0v) is 14.6. The quantitative estimate of drug-likeness (QED) is 0.695. The standard InChI is InChI=1S/C15H20BrFN2OS/c1-3-7-15(8-4-2,13(18)21)14(20)19-12-9-10(17)5-6-11(12)16/h5-6,9H,3-4,7-8H2,1-2H3,(H2,18,21)(H,19,20). The van der Waals surface area contributed by atoms with E-state index in [0.717, 1.165) is 12.8 Å². The fourth-order valence-electron chi connectivity index (χ4n) is 2.40. The number of carbonyl (C=O) groups excluding carboxylic acids is 1. The summed E-state index contributed by atoms with van der Waals surface area (Å²) in [5.74, 6) is -0.689. The van der Waals surface area contributed by atoms with Crippen molar-refractivity contribution in [2.24, 2.45) is 11.1 Å². The molecule has 116 valence electrons. The molecular weight excluding hydrogens is 355 g/mol. The Morgan fingerprint density at radius 2 is 1.95 bits per heavy atom. The summed E-state index contributed by atoms with van der Waals surface area (Å²) in [5, 5.41) is 2.75. The van der Waals surface area contributed by atoms with Crippen LogP contribution in [0.5, 0.6) is 0 Å². The molecule has 1 rings (SSSR count). The molecule has 0 aliphatic rings. The lowest BCUT2D eigenvalue weighted by Crippen LogP contribution is -2.46. The van der Waals surface area contributed by atoms with Crippen LogP contribution in [0.25, 0.3) is 0 Å². The van der Waals surface area contributed by atoms with Crippen molar-refractivity contribution in [3.8, 4) is 0 Å². The van der Waals surface area contributed by atoms with Crippen LogP contribution in [0.1, 0.15) is 39.5 Å². The first-order valence-electron chi connectivity index (χ1n) is 6.93. The first kappa shape index (κ1) is 18.0. The van der Waals surface area contributed by atoms with Crippen LogP contribution in [0.2, 0.25) is 0 Å². The van der Waals surface area contributed by atoms with Gasteiger partial charge in [0.25, 0.3) is 0 Å². The molecule has 6 heteroatoms. The zero-order valence-electron chi connectivity index (χ0n) is 12.2. The molecule has 0 unspecified atom stereocenters. The molecule has 0 atom stereocenters. The van der Waals surface area contributed by atoms with Crippen LogP contribution < -0.4 is 11.1 Å². The number of rotatable bonds is 7. The maximum atomic E-state index is 13.3. The number of nitrogens with two attached hydrogens (primary N) is 1. The van der Waals surface area contributed by atoms with E-state index in [0.29, 0.717) is 23.0 Å². The van der Waals surface area contributed by atoms with E-state index in [4.69, 9.17) is 18.0 Å². The highest BCUT2D eigenvalue weighted by Gasteiger charge is 2.40. The largest absolute Gasteiger partial charge is 0.392 e. The van der Waals surface area contributed by atoms with Crippen molar-refractivity contribution in [3.63, 3.8) is 0 Å². The summed E-state index contributed by atoms with van der Waals surface area (Å²) in [4.78, 5) is 12.9. The van der Waals surface area contributed by atoms with Crippen molar-refractivity contribution in [2.45, 2.75) is 39.5 Å². The van der Waals surface area contributed by atoms with Gasteiger partial charge in [-0.05, 0) is 47.0 Å². The number of benzene rings is 1. The Labute approximate surface area is 138 Å². The molecule has 0 spiro atoms. The third kappa shape index (κ3) is 4.23. The van der Waals surface area contributed by atoms with Crippen molar-refractivity contribution in [1.82, 2.24) is 0 Å². The smallest absolute Gasteiger partial charge is 0.237 e. The number of hydrogen-bond donors (Lipinski definition) is 2. The van der Waals surface area contributed by atoms with Crippen molar-refractivity contribution in [2.75, 3.05) is 5.32 Å². The Balaban J connectivity index is 3.11. The summed E-state index contributed by atoms with van der Waals surface area (Å²) in [7, 11) is 0. The third-order valence-electron chi connectivity index (χ3n) is 3.44. The molecule has 0 radical (unpaired) electrons. The topological polar surface area (TPSA) is 55.1 Å². The van der Waals surface area contributed by atoms with E-state index in [9.17, 15) is 9.18 Å². The monoisotopic (exact) mass is 374 g/mol. The molecule has 0 aliphatic carbocycles. The Bertz CT molecular complexity index is 530. The molecule has 1 amide bonds. The molecule has 3 N–H and O–H groups in total. The Kier molecular flexibility index (Phi) is 6.74. The van der Waals surface area contributed by atoms with E-state index in [1.807, 2.05) is 13.8 Å². The van der Waals surface area contributed by atoms with Crippen LogP contribution in [-0.2, 0) is 4.79 Å². The van der Waals surface area contributed by atoms with Gasteiger partial charge < -0.3 is 11.1 Å². The summed E-state index contributed by atoms with van der Waals surface area (Å²) < 4.78 is 13.9. The molecule has 0 bridgehead atoms. The zero-order chi connectivity index (χ0) is 16.0. The van der Waals surface area contributed by atoms with Gasteiger partial charge in [-0.25, -0.2) is 4.39 Å². The van der Waals surface area contributed by atoms with Gasteiger partial charge in [0.1, 0.15) is 5.82 Å². The van der Waals surface area contributed by atoms with Crippen LogP contribution in [0.4, 0.5) is 10.1 Å². The molecule has 0 heterocycles. The second-order valence-corrected chi connectivity index (χ2v) is 6.32. The summed E-state index contributed by atoms with van der Waals surface area (Å²) in [6, 6.07) is 4.13. The molecule has 21 heavy (non-hydrogen) atoms. The summed E-state index contributed by atoms with van der Waals surface area (Å²) in [6.07, 6.45) is 2.73. The number of anilines is 1. The van der Waals surface area contributed by atoms with Crippen LogP contribution >= 0.6 is 28.1 Å². The number of halogens is 2. The minimum absolute atomic E-state index is 0.191. The minimum atomic E-state index is -0.884. The lowest BCUT2D eigenvalue weighted by atomic mass is 9.78. The first-order valence-corrected chi connectivity index (χ1v) is 8.14. The van der Waals surface area contributed by atoms with Gasteiger partial charge in [-0.15, -0.1) is 0 Å². The number of carbonyl (C=O) groups is 1. The SMILES string of the molecule is CCCC(CCC)(C(=O)Nc1cc(F)ccc1Br)C(N)=S. The van der Waals surface area contributed by atoms with Crippen LogP contribution in [0.15, 0.2) is 22.7 Å². The predicted molar refractivity (Wildman–Crippen MR) is 91.8 cm³/mol. The maximum Gasteiger partial charge on any atom is 0.237 e. The number of hydrogen-bond acceptors (Lipinski definition) is 2. The average molecular weight is 375 g/mol. The van der Waals surface area contributed by atoms with Gasteiger partial charge in [0.05, 0.1) is 16.1 Å². The predicted octanol–water partition coefficient (Wildman–Crippen LogP) is 4.40. The van der Waals surface area contributed by atoms with E-state index in [1.54, 1.807) is 6.07 Å². The molecule has 1 aromatic rings. The molecule has 0 saturated carbocycles. The maximum absolute atomic E-state index is 13.3. The molecule has 0 fully saturated rings. The van der Waals surface area contributed by atoms with E-state index in [-0.39, 0.29) is 10.9 Å². The lowest BCUT2D eigenvalue weighted by molar-refractivity contribution is -0.122. The third-order valence-corrected chi connectivity index (χ3v) is 4.52. The molecule has 3 nitrogen and oxygen atoms in total. The lowest BCUT2D eigenvalue weighted by Gasteiger charge is -2.31. The number of nitrogens with one attached hydrogen (secondary N) is 1. The van der Waals surface area contributed by atoms with Crippen molar-refractivity contribution in [1.29, 1.82) is 0 Å². The Morgan fingerprint density at radius 3 is 2.43 bits per heavy atom.